The summed E-state index contributed by atoms with van der Waals surface area (Å²) < 4.78 is 4.99. The zero-order valence-corrected chi connectivity index (χ0v) is 5.51. The van der Waals surface area contributed by atoms with Crippen LogP contribution in [-0.4, -0.2) is 7.05 Å². The van der Waals surface area contributed by atoms with Crippen LogP contribution in [-0.2, 0) is 0 Å². The molecule has 0 saturated carbocycles. The van der Waals surface area contributed by atoms with Crippen LogP contribution in [0.2, 0.25) is 0 Å². The maximum absolute atomic E-state index is 4.99. The molecular weight excluding hydrogens is 114 g/mol. The second-order valence-electron chi connectivity index (χ2n) is 1.73. The third kappa shape index (κ3) is 1.11. The zero-order valence-electron chi connectivity index (χ0n) is 5.51. The lowest BCUT2D eigenvalue weighted by atomic mass is 10.3. The third-order valence-electron chi connectivity index (χ3n) is 1.09. The minimum absolute atomic E-state index is 0.862. The SMILES string of the molecule is C[N+]#Cc1ccoc1C. The number of nitrogens with zero attached hydrogens (tertiary/aromatic N) is 1. The molecule has 0 aliphatic heterocycles. The van der Waals surface area contributed by atoms with Crippen LogP contribution < -0.4 is 0 Å². The fraction of sp³-hybridized carbons (Fsp3) is 0.286. The largest absolute Gasteiger partial charge is 0.468 e. The molecule has 0 fully saturated rings. The van der Waals surface area contributed by atoms with Gasteiger partial charge in [0.1, 0.15) is 11.3 Å². The fourth-order valence-electron chi connectivity index (χ4n) is 0.621. The Labute approximate surface area is 53.9 Å². The Balaban J connectivity index is 3.03. The number of hydrogen-bond donors (Lipinski definition) is 0. The van der Waals surface area contributed by atoms with Crippen molar-refractivity contribution in [2.75, 3.05) is 7.05 Å². The number of hydrogen-bond acceptors (Lipinski definition) is 1. The van der Waals surface area contributed by atoms with Gasteiger partial charge in [0.15, 0.2) is 0 Å². The van der Waals surface area contributed by atoms with Crippen molar-refractivity contribution in [1.29, 1.82) is 0 Å². The van der Waals surface area contributed by atoms with E-state index in [9.17, 15) is 0 Å². The standard InChI is InChI=1S/C7H8NO/c1-6-7(5-8-2)3-4-9-6/h3-4H,1-2H3/q+1. The van der Waals surface area contributed by atoms with Gasteiger partial charge in [-0.15, -0.1) is 0 Å². The highest BCUT2D eigenvalue weighted by Crippen LogP contribution is 2.05. The molecule has 0 unspecified atom stereocenters. The van der Waals surface area contributed by atoms with Crippen molar-refractivity contribution in [3.8, 4) is 6.07 Å². The van der Waals surface area contributed by atoms with Crippen molar-refractivity contribution >= 4 is 0 Å². The molecule has 0 aliphatic rings. The molecule has 46 valence electrons. The van der Waals surface area contributed by atoms with E-state index in [1.165, 1.54) is 0 Å². The first-order valence-electron chi connectivity index (χ1n) is 2.73. The highest BCUT2D eigenvalue weighted by molar-refractivity contribution is 5.32. The van der Waals surface area contributed by atoms with E-state index in [1.807, 2.05) is 13.0 Å². The van der Waals surface area contributed by atoms with Gasteiger partial charge in [-0.2, -0.15) is 0 Å². The maximum Gasteiger partial charge on any atom is 0.314 e. The highest BCUT2D eigenvalue weighted by Gasteiger charge is 2.00. The van der Waals surface area contributed by atoms with Gasteiger partial charge in [0.05, 0.1) is 6.26 Å². The highest BCUT2D eigenvalue weighted by atomic mass is 16.3. The van der Waals surface area contributed by atoms with E-state index in [0.29, 0.717) is 0 Å². The van der Waals surface area contributed by atoms with Gasteiger partial charge in [-0.3, -0.25) is 0 Å². The van der Waals surface area contributed by atoms with Crippen LogP contribution in [0.4, 0.5) is 0 Å². The third-order valence-corrected chi connectivity index (χ3v) is 1.09. The van der Waals surface area contributed by atoms with Crippen LogP contribution in [0, 0.1) is 13.0 Å². The Morgan fingerprint density at radius 2 is 2.44 bits per heavy atom. The predicted octanol–water partition coefficient (Wildman–Crippen LogP) is 1.90. The summed E-state index contributed by atoms with van der Waals surface area (Å²) >= 11 is 0. The number of aryl methyl sites for hydroxylation is 1. The van der Waals surface area contributed by atoms with Crippen molar-refractivity contribution in [3.63, 3.8) is 0 Å². The van der Waals surface area contributed by atoms with E-state index in [-0.39, 0.29) is 0 Å². The molecule has 9 heavy (non-hydrogen) atoms. The van der Waals surface area contributed by atoms with Gasteiger partial charge in [0.25, 0.3) is 7.05 Å². The van der Waals surface area contributed by atoms with Crippen molar-refractivity contribution in [1.82, 2.24) is 0 Å². The zero-order chi connectivity index (χ0) is 6.69. The van der Waals surface area contributed by atoms with Crippen LogP contribution in [0.1, 0.15) is 11.3 Å². The van der Waals surface area contributed by atoms with Crippen LogP contribution in [0.3, 0.4) is 0 Å². The molecule has 0 bridgehead atoms. The lowest BCUT2D eigenvalue weighted by Gasteiger charge is -1.74. The average molecular weight is 122 g/mol. The summed E-state index contributed by atoms with van der Waals surface area (Å²) in [4.78, 5) is 3.73. The molecule has 1 aromatic rings. The molecule has 1 rings (SSSR count). The summed E-state index contributed by atoms with van der Waals surface area (Å²) in [5, 5.41) is 0. The monoisotopic (exact) mass is 122 g/mol. The van der Waals surface area contributed by atoms with Crippen LogP contribution in [0.25, 0.3) is 4.85 Å². The molecule has 0 spiro atoms. The summed E-state index contributed by atoms with van der Waals surface area (Å²) in [5.74, 6) is 0.862. The molecule has 0 aliphatic carbocycles. The quantitative estimate of drug-likeness (QED) is 0.513. The molecular formula is C7H8NO+. The molecule has 2 nitrogen and oxygen atoms in total. The van der Waals surface area contributed by atoms with Crippen molar-refractivity contribution in [2.24, 2.45) is 0 Å². The van der Waals surface area contributed by atoms with Gasteiger partial charge in [-0.25, -0.2) is 0 Å². The molecule has 0 atom stereocenters. The second kappa shape index (κ2) is 2.36. The molecule has 0 N–H and O–H groups in total. The first-order chi connectivity index (χ1) is 4.34. The average Bonchev–Trinajstić information content (AvgIpc) is 2.18. The Bertz CT molecular complexity index is 251. The fourth-order valence-corrected chi connectivity index (χ4v) is 0.621. The van der Waals surface area contributed by atoms with Gasteiger partial charge in [0, 0.05) is 0 Å². The summed E-state index contributed by atoms with van der Waals surface area (Å²) in [5.41, 5.74) is 0.928. The van der Waals surface area contributed by atoms with Crippen LogP contribution >= 0.6 is 0 Å². The molecule has 0 aromatic carbocycles. The Morgan fingerprint density at radius 3 is 2.89 bits per heavy atom. The van der Waals surface area contributed by atoms with Gasteiger partial charge < -0.3 is 4.42 Å². The van der Waals surface area contributed by atoms with E-state index in [4.69, 9.17) is 4.42 Å². The van der Waals surface area contributed by atoms with Gasteiger partial charge in [-0.05, 0) is 13.0 Å². The van der Waals surface area contributed by atoms with Crippen LogP contribution in [0.5, 0.6) is 0 Å². The Hall–Kier alpha value is -1.23. The normalized spacial score (nSPS) is 8.22. The van der Waals surface area contributed by atoms with Crippen LogP contribution in [0.15, 0.2) is 16.7 Å². The summed E-state index contributed by atoms with van der Waals surface area (Å²) in [6.45, 7) is 1.88. The smallest absolute Gasteiger partial charge is 0.314 e. The van der Waals surface area contributed by atoms with Gasteiger partial charge in [0.2, 0.25) is 0 Å². The number of furan rings is 1. The van der Waals surface area contributed by atoms with E-state index >= 15 is 0 Å². The van der Waals surface area contributed by atoms with Gasteiger partial charge in [-0.1, -0.05) is 4.85 Å². The second-order valence-corrected chi connectivity index (χ2v) is 1.73. The Morgan fingerprint density at radius 1 is 1.67 bits per heavy atom. The molecule has 0 saturated heterocycles. The van der Waals surface area contributed by atoms with E-state index < -0.39 is 0 Å². The predicted molar refractivity (Wildman–Crippen MR) is 35.7 cm³/mol. The molecule has 0 amide bonds. The number of rotatable bonds is 0. The van der Waals surface area contributed by atoms with Crippen molar-refractivity contribution < 1.29 is 4.42 Å². The minimum atomic E-state index is 0.862. The molecule has 2 heteroatoms. The summed E-state index contributed by atoms with van der Waals surface area (Å²) in [7, 11) is 1.69. The summed E-state index contributed by atoms with van der Waals surface area (Å²) in [6.07, 6.45) is 1.63. The van der Waals surface area contributed by atoms with Crippen molar-refractivity contribution in [2.45, 2.75) is 6.92 Å². The molecule has 0 radical (unpaired) electrons. The summed E-state index contributed by atoms with van der Waals surface area (Å²) in [6, 6.07) is 4.62. The first-order valence-corrected chi connectivity index (χ1v) is 2.73. The molecule has 1 heterocycles. The van der Waals surface area contributed by atoms with E-state index in [1.54, 1.807) is 13.3 Å². The minimum Gasteiger partial charge on any atom is -0.468 e. The Kier molecular flexibility index (Phi) is 1.55. The maximum atomic E-state index is 4.99. The first kappa shape index (κ1) is 5.90. The lowest BCUT2D eigenvalue weighted by molar-refractivity contribution is 0.533. The van der Waals surface area contributed by atoms with Crippen molar-refractivity contribution in [3.05, 3.63) is 28.5 Å². The lowest BCUT2D eigenvalue weighted by Crippen LogP contribution is -1.68. The van der Waals surface area contributed by atoms with E-state index in [2.05, 4.69) is 10.9 Å². The topological polar surface area (TPSA) is 17.5 Å². The van der Waals surface area contributed by atoms with Gasteiger partial charge >= 0.3 is 6.07 Å². The van der Waals surface area contributed by atoms with E-state index in [0.717, 1.165) is 11.3 Å². The molecule has 1 aromatic heterocycles.